The first-order valence-electron chi connectivity index (χ1n) is 4.83. The van der Waals surface area contributed by atoms with Crippen LogP contribution < -0.4 is 5.32 Å². The number of aromatic nitrogens is 1. The van der Waals surface area contributed by atoms with Gasteiger partial charge in [0.1, 0.15) is 11.9 Å². The van der Waals surface area contributed by atoms with Crippen molar-refractivity contribution in [1.82, 2.24) is 4.98 Å². The number of carbonyl (C=O) groups excluding carboxylic acids is 1. The average Bonchev–Trinajstić information content (AvgIpc) is 2.32. The predicted octanol–water partition coefficient (Wildman–Crippen LogP) is 2.23. The Bertz CT molecular complexity index is 463. The summed E-state index contributed by atoms with van der Waals surface area (Å²) in [5, 5.41) is 11.5. The minimum absolute atomic E-state index is 0.100. The van der Waals surface area contributed by atoms with E-state index in [4.69, 9.17) is 10.00 Å². The van der Waals surface area contributed by atoms with E-state index in [1.165, 1.54) is 6.20 Å². The zero-order valence-electron chi connectivity index (χ0n) is 9.11. The third-order valence-corrected chi connectivity index (χ3v) is 2.18. The third-order valence-electron chi connectivity index (χ3n) is 1.71. The summed E-state index contributed by atoms with van der Waals surface area (Å²) in [5.74, 6) is -0.120. The highest BCUT2D eigenvalue weighted by Gasteiger charge is 2.08. The molecule has 1 N–H and O–H groups in total. The lowest BCUT2D eigenvalue weighted by Gasteiger charge is -2.01. The van der Waals surface area contributed by atoms with Crippen molar-refractivity contribution in [3.8, 4) is 6.07 Å². The maximum Gasteiger partial charge on any atom is 0.350 e. The first-order valence-corrected chi connectivity index (χ1v) is 5.62. The molecule has 0 aliphatic heterocycles. The maximum absolute atomic E-state index is 11.3. The molecule has 0 aliphatic carbocycles. The molecule has 0 radical (unpaired) electrons. The molecule has 0 saturated carbocycles. The second-order valence-corrected chi connectivity index (χ2v) is 3.81. The van der Waals surface area contributed by atoms with E-state index in [9.17, 15) is 4.79 Å². The summed E-state index contributed by atoms with van der Waals surface area (Å²) >= 11 is 3.25. The molecule has 0 saturated heterocycles. The van der Waals surface area contributed by atoms with Crippen LogP contribution in [0.25, 0.3) is 0 Å². The first-order chi connectivity index (χ1) is 8.17. The van der Waals surface area contributed by atoms with Gasteiger partial charge in [-0.15, -0.1) is 0 Å². The van der Waals surface area contributed by atoms with Gasteiger partial charge in [-0.2, -0.15) is 5.26 Å². The van der Waals surface area contributed by atoms with Gasteiger partial charge < -0.3 is 10.1 Å². The van der Waals surface area contributed by atoms with E-state index in [1.54, 1.807) is 31.3 Å². The SMILES string of the molecule is CCOC(=O)C(C#N)=CNc1ccc(Br)cn1. The van der Waals surface area contributed by atoms with Crippen LogP contribution in [0.5, 0.6) is 0 Å². The largest absolute Gasteiger partial charge is 0.462 e. The van der Waals surface area contributed by atoms with Gasteiger partial charge in [0.05, 0.1) is 6.61 Å². The third kappa shape index (κ3) is 4.25. The fraction of sp³-hybridized carbons (Fsp3) is 0.182. The number of halogens is 1. The van der Waals surface area contributed by atoms with Crippen LogP contribution in [-0.2, 0) is 9.53 Å². The maximum atomic E-state index is 11.3. The highest BCUT2D eigenvalue weighted by molar-refractivity contribution is 9.10. The number of anilines is 1. The Labute approximate surface area is 107 Å². The molecule has 0 bridgehead atoms. The molecule has 17 heavy (non-hydrogen) atoms. The molecule has 88 valence electrons. The van der Waals surface area contributed by atoms with E-state index in [0.717, 1.165) is 4.47 Å². The quantitative estimate of drug-likeness (QED) is 0.524. The molecule has 0 aliphatic rings. The molecule has 1 aromatic rings. The topological polar surface area (TPSA) is 75.0 Å². The van der Waals surface area contributed by atoms with Crippen LogP contribution in [0.3, 0.4) is 0 Å². The molecule has 0 aromatic carbocycles. The van der Waals surface area contributed by atoms with Crippen LogP contribution >= 0.6 is 15.9 Å². The van der Waals surface area contributed by atoms with E-state index < -0.39 is 5.97 Å². The Morgan fingerprint density at radius 3 is 3.00 bits per heavy atom. The standard InChI is InChI=1S/C11H10BrN3O2/c1-2-17-11(16)8(5-13)6-14-10-4-3-9(12)7-15-10/h3-4,6-7H,2H2,1H3,(H,14,15). The van der Waals surface area contributed by atoms with Crippen molar-refractivity contribution in [2.45, 2.75) is 6.92 Å². The number of esters is 1. The summed E-state index contributed by atoms with van der Waals surface area (Å²) in [7, 11) is 0. The average molecular weight is 296 g/mol. The van der Waals surface area contributed by atoms with Crippen LogP contribution in [0.1, 0.15) is 6.92 Å². The van der Waals surface area contributed by atoms with Gasteiger partial charge in [0.15, 0.2) is 5.57 Å². The lowest BCUT2D eigenvalue weighted by Crippen LogP contribution is -2.08. The Morgan fingerprint density at radius 2 is 2.47 bits per heavy atom. The summed E-state index contributed by atoms with van der Waals surface area (Å²) in [5.41, 5.74) is -0.100. The second-order valence-electron chi connectivity index (χ2n) is 2.90. The number of nitrogens with one attached hydrogen (secondary N) is 1. The normalized spacial score (nSPS) is 10.5. The fourth-order valence-corrected chi connectivity index (χ4v) is 1.19. The molecule has 0 amide bonds. The number of carbonyl (C=O) groups is 1. The fourth-order valence-electron chi connectivity index (χ4n) is 0.953. The number of hydrogen-bond acceptors (Lipinski definition) is 5. The Hall–Kier alpha value is -1.87. The van der Waals surface area contributed by atoms with Crippen LogP contribution in [0.15, 0.2) is 34.6 Å². The number of nitrogens with zero attached hydrogens (tertiary/aromatic N) is 2. The molecule has 5 nitrogen and oxygen atoms in total. The zero-order valence-corrected chi connectivity index (χ0v) is 10.7. The molecule has 1 heterocycles. The van der Waals surface area contributed by atoms with Gasteiger partial charge in [0, 0.05) is 16.9 Å². The van der Waals surface area contributed by atoms with Crippen molar-refractivity contribution in [2.24, 2.45) is 0 Å². The van der Waals surface area contributed by atoms with Crippen molar-refractivity contribution in [2.75, 3.05) is 11.9 Å². The molecular formula is C11H10BrN3O2. The number of ether oxygens (including phenoxy) is 1. The summed E-state index contributed by atoms with van der Waals surface area (Å²) in [6.07, 6.45) is 2.88. The number of rotatable bonds is 4. The van der Waals surface area contributed by atoms with E-state index in [2.05, 4.69) is 26.2 Å². The van der Waals surface area contributed by atoms with E-state index in [-0.39, 0.29) is 12.2 Å². The molecule has 1 rings (SSSR count). The van der Waals surface area contributed by atoms with E-state index in [1.807, 2.05) is 0 Å². The van der Waals surface area contributed by atoms with Crippen LogP contribution in [-0.4, -0.2) is 17.6 Å². The zero-order chi connectivity index (χ0) is 12.7. The Balaban J connectivity index is 2.71. The summed E-state index contributed by atoms with van der Waals surface area (Å²) in [6.45, 7) is 1.91. The lowest BCUT2D eigenvalue weighted by atomic mass is 10.3. The summed E-state index contributed by atoms with van der Waals surface area (Å²) in [6, 6.07) is 5.26. The van der Waals surface area contributed by atoms with E-state index >= 15 is 0 Å². The van der Waals surface area contributed by atoms with Crippen molar-refractivity contribution in [3.63, 3.8) is 0 Å². The van der Waals surface area contributed by atoms with Gasteiger partial charge >= 0.3 is 5.97 Å². The molecule has 0 fully saturated rings. The van der Waals surface area contributed by atoms with Crippen LogP contribution in [0.4, 0.5) is 5.82 Å². The van der Waals surface area contributed by atoms with Gasteiger partial charge in [0.25, 0.3) is 0 Å². The van der Waals surface area contributed by atoms with Gasteiger partial charge in [-0.3, -0.25) is 0 Å². The van der Waals surface area contributed by atoms with Crippen molar-refractivity contribution >= 4 is 27.7 Å². The van der Waals surface area contributed by atoms with Crippen molar-refractivity contribution in [1.29, 1.82) is 5.26 Å². The Kier molecular flexibility index (Phi) is 5.17. The van der Waals surface area contributed by atoms with Gasteiger partial charge in [-0.1, -0.05) is 0 Å². The Morgan fingerprint density at radius 1 is 1.71 bits per heavy atom. The van der Waals surface area contributed by atoms with Crippen molar-refractivity contribution in [3.05, 3.63) is 34.6 Å². The second kappa shape index (κ2) is 6.66. The van der Waals surface area contributed by atoms with Crippen LogP contribution in [0.2, 0.25) is 0 Å². The smallest absolute Gasteiger partial charge is 0.350 e. The first kappa shape index (κ1) is 13.2. The van der Waals surface area contributed by atoms with Crippen LogP contribution in [0, 0.1) is 11.3 Å². The minimum Gasteiger partial charge on any atom is -0.462 e. The minimum atomic E-state index is -0.653. The molecule has 0 unspecified atom stereocenters. The van der Waals surface area contributed by atoms with Gasteiger partial charge in [-0.25, -0.2) is 9.78 Å². The van der Waals surface area contributed by atoms with E-state index in [0.29, 0.717) is 5.82 Å². The predicted molar refractivity (Wildman–Crippen MR) is 65.9 cm³/mol. The summed E-state index contributed by atoms with van der Waals surface area (Å²) < 4.78 is 5.55. The van der Waals surface area contributed by atoms with Gasteiger partial charge in [-0.05, 0) is 35.0 Å². The number of hydrogen-bond donors (Lipinski definition) is 1. The highest BCUT2D eigenvalue weighted by atomic mass is 79.9. The molecule has 0 atom stereocenters. The molecule has 0 spiro atoms. The monoisotopic (exact) mass is 295 g/mol. The number of pyridine rings is 1. The molecule has 6 heteroatoms. The number of nitriles is 1. The lowest BCUT2D eigenvalue weighted by molar-refractivity contribution is -0.138. The highest BCUT2D eigenvalue weighted by Crippen LogP contribution is 2.10. The van der Waals surface area contributed by atoms with Gasteiger partial charge in [0.2, 0.25) is 0 Å². The van der Waals surface area contributed by atoms with Crippen molar-refractivity contribution < 1.29 is 9.53 Å². The molecular weight excluding hydrogens is 286 g/mol. The summed E-state index contributed by atoms with van der Waals surface area (Å²) in [4.78, 5) is 15.3. The molecule has 1 aromatic heterocycles.